The molecule has 1 heterocycles. The Balaban J connectivity index is 2.06. The van der Waals surface area contributed by atoms with E-state index in [1.165, 1.54) is 0 Å². The van der Waals surface area contributed by atoms with Crippen LogP contribution in [-0.2, 0) is 16.0 Å². The van der Waals surface area contributed by atoms with Crippen molar-refractivity contribution in [1.82, 2.24) is 0 Å². The molecule has 2 rings (SSSR count). The van der Waals surface area contributed by atoms with Gasteiger partial charge in [-0.2, -0.15) is 0 Å². The summed E-state index contributed by atoms with van der Waals surface area (Å²) in [6.45, 7) is 0. The van der Waals surface area contributed by atoms with Gasteiger partial charge in [0, 0.05) is 6.42 Å². The lowest BCUT2D eigenvalue weighted by Crippen LogP contribution is -2.59. The highest BCUT2D eigenvalue weighted by Crippen LogP contribution is 2.21. The minimum atomic E-state index is -1.69. The Labute approximate surface area is 109 Å². The van der Waals surface area contributed by atoms with Gasteiger partial charge in [-0.05, 0) is 5.56 Å². The van der Waals surface area contributed by atoms with E-state index in [4.69, 9.17) is 4.74 Å². The molecular weight excluding hydrogens is 252 g/mol. The van der Waals surface area contributed by atoms with Crippen LogP contribution in [0.15, 0.2) is 30.3 Å². The highest BCUT2D eigenvalue weighted by atomic mass is 16.6. The summed E-state index contributed by atoms with van der Waals surface area (Å²) in [5.74, 6) is -0.469. The number of benzene rings is 1. The maximum absolute atomic E-state index is 12.0. The number of aliphatic hydroxyl groups excluding tert-OH is 4. The highest BCUT2D eigenvalue weighted by molar-refractivity contribution is 5.86. The molecule has 0 radical (unpaired) electrons. The topological polar surface area (TPSA) is 107 Å². The van der Waals surface area contributed by atoms with Gasteiger partial charge in [-0.15, -0.1) is 0 Å². The largest absolute Gasteiger partial charge is 0.387 e. The van der Waals surface area contributed by atoms with Gasteiger partial charge in [-0.3, -0.25) is 4.79 Å². The molecule has 1 aromatic carbocycles. The van der Waals surface area contributed by atoms with Crippen LogP contribution in [0.25, 0.3) is 0 Å². The van der Waals surface area contributed by atoms with Crippen molar-refractivity contribution in [3.8, 4) is 0 Å². The van der Waals surface area contributed by atoms with Gasteiger partial charge >= 0.3 is 0 Å². The molecule has 0 aromatic heterocycles. The highest BCUT2D eigenvalue weighted by Gasteiger charge is 2.45. The van der Waals surface area contributed by atoms with Gasteiger partial charge in [0.25, 0.3) is 0 Å². The SMILES string of the molecule is O=C(Cc1ccccc1)[C@H]1O[C@H](O)[C@@H](O)[C@H](O)[C@H]1O. The zero-order valence-corrected chi connectivity index (χ0v) is 10.1. The summed E-state index contributed by atoms with van der Waals surface area (Å²) in [6, 6.07) is 8.84. The van der Waals surface area contributed by atoms with Crippen molar-refractivity contribution in [1.29, 1.82) is 0 Å². The van der Waals surface area contributed by atoms with Crippen LogP contribution in [0.4, 0.5) is 0 Å². The fraction of sp³-hybridized carbons (Fsp3) is 0.462. The predicted molar refractivity (Wildman–Crippen MR) is 64.1 cm³/mol. The second-order valence-corrected chi connectivity index (χ2v) is 4.55. The second-order valence-electron chi connectivity index (χ2n) is 4.55. The van der Waals surface area contributed by atoms with Crippen LogP contribution in [0.5, 0.6) is 0 Å². The van der Waals surface area contributed by atoms with Gasteiger partial charge in [0.05, 0.1) is 0 Å². The normalized spacial score (nSPS) is 35.1. The maximum Gasteiger partial charge on any atom is 0.184 e. The lowest BCUT2D eigenvalue weighted by Gasteiger charge is -2.37. The summed E-state index contributed by atoms with van der Waals surface area (Å²) >= 11 is 0. The van der Waals surface area contributed by atoms with Crippen molar-refractivity contribution < 1.29 is 30.0 Å². The Bertz CT molecular complexity index is 434. The van der Waals surface area contributed by atoms with Crippen molar-refractivity contribution in [2.75, 3.05) is 0 Å². The van der Waals surface area contributed by atoms with Crippen LogP contribution >= 0.6 is 0 Å². The minimum absolute atomic E-state index is 0.0120. The number of ether oxygens (including phenoxy) is 1. The second kappa shape index (κ2) is 5.77. The number of carbonyl (C=O) groups is 1. The van der Waals surface area contributed by atoms with Crippen molar-refractivity contribution >= 4 is 5.78 Å². The number of carbonyl (C=O) groups excluding carboxylic acids is 1. The molecule has 1 aliphatic rings. The molecule has 6 heteroatoms. The zero-order chi connectivity index (χ0) is 14.0. The molecular formula is C13H16O6. The lowest BCUT2D eigenvalue weighted by molar-refractivity contribution is -0.275. The average molecular weight is 268 g/mol. The van der Waals surface area contributed by atoms with Crippen LogP contribution in [0.1, 0.15) is 5.56 Å². The molecule has 1 saturated heterocycles. The third-order valence-electron chi connectivity index (χ3n) is 3.13. The number of Topliss-reactive ketones (excluding diaryl/α,β-unsaturated/α-hetero) is 1. The molecule has 5 atom stereocenters. The van der Waals surface area contributed by atoms with E-state index in [-0.39, 0.29) is 6.42 Å². The predicted octanol–water partition coefficient (Wildman–Crippen LogP) is -1.40. The van der Waals surface area contributed by atoms with E-state index in [2.05, 4.69) is 0 Å². The summed E-state index contributed by atoms with van der Waals surface area (Å²) in [4.78, 5) is 12.0. The van der Waals surface area contributed by atoms with Gasteiger partial charge in [0.15, 0.2) is 12.1 Å². The van der Waals surface area contributed by atoms with E-state index in [1.807, 2.05) is 6.07 Å². The number of hydrogen-bond donors (Lipinski definition) is 4. The molecule has 4 N–H and O–H groups in total. The molecule has 1 fully saturated rings. The number of aliphatic hydroxyl groups is 4. The number of rotatable bonds is 3. The molecule has 6 nitrogen and oxygen atoms in total. The summed E-state index contributed by atoms with van der Waals surface area (Å²) in [5, 5.41) is 37.9. The smallest absolute Gasteiger partial charge is 0.184 e. The quantitative estimate of drug-likeness (QED) is 0.537. The standard InChI is InChI=1S/C13H16O6/c14-8(6-7-4-2-1-3-5-7)12-10(16)9(15)11(17)13(18)19-12/h1-5,9-13,15-18H,6H2/t9-,10-,11+,12-,13+/m1/s1. The number of hydrogen-bond acceptors (Lipinski definition) is 6. The molecule has 0 saturated carbocycles. The van der Waals surface area contributed by atoms with E-state index in [0.717, 1.165) is 5.56 Å². The molecule has 1 aliphatic heterocycles. The average Bonchev–Trinajstić information content (AvgIpc) is 2.41. The molecule has 1 aromatic rings. The third-order valence-corrected chi connectivity index (χ3v) is 3.13. The van der Waals surface area contributed by atoms with E-state index < -0.39 is 36.5 Å². The van der Waals surface area contributed by atoms with Gasteiger partial charge in [-0.25, -0.2) is 0 Å². The van der Waals surface area contributed by atoms with E-state index in [1.54, 1.807) is 24.3 Å². The van der Waals surface area contributed by atoms with Gasteiger partial charge in [0.2, 0.25) is 0 Å². The zero-order valence-electron chi connectivity index (χ0n) is 10.1. The monoisotopic (exact) mass is 268 g/mol. The summed E-state index contributed by atoms with van der Waals surface area (Å²) in [6.07, 6.45) is -7.84. The van der Waals surface area contributed by atoms with Crippen molar-refractivity contribution in [3.05, 3.63) is 35.9 Å². The van der Waals surface area contributed by atoms with Gasteiger partial charge in [0.1, 0.15) is 24.4 Å². The molecule has 0 amide bonds. The molecule has 0 unspecified atom stereocenters. The fourth-order valence-corrected chi connectivity index (χ4v) is 2.02. The Kier molecular flexibility index (Phi) is 4.28. The van der Waals surface area contributed by atoms with Crippen molar-refractivity contribution in [2.45, 2.75) is 37.1 Å². The van der Waals surface area contributed by atoms with Crippen LogP contribution in [0, 0.1) is 0 Å². The Morgan fingerprint density at radius 1 is 1.00 bits per heavy atom. The first-order chi connectivity index (χ1) is 9.00. The third kappa shape index (κ3) is 2.99. The summed E-state index contributed by atoms with van der Waals surface area (Å²) < 4.78 is 4.86. The van der Waals surface area contributed by atoms with E-state index in [0.29, 0.717) is 0 Å². The van der Waals surface area contributed by atoms with Gasteiger partial charge in [-0.1, -0.05) is 30.3 Å². The molecule has 0 spiro atoms. The molecule has 104 valence electrons. The first-order valence-electron chi connectivity index (χ1n) is 5.95. The summed E-state index contributed by atoms with van der Waals surface area (Å²) in [7, 11) is 0. The Morgan fingerprint density at radius 3 is 2.26 bits per heavy atom. The van der Waals surface area contributed by atoms with Crippen LogP contribution in [0.2, 0.25) is 0 Å². The minimum Gasteiger partial charge on any atom is -0.387 e. The lowest BCUT2D eigenvalue weighted by atomic mass is 9.93. The first kappa shape index (κ1) is 14.1. The van der Waals surface area contributed by atoms with E-state index >= 15 is 0 Å². The van der Waals surface area contributed by atoms with Crippen molar-refractivity contribution in [3.63, 3.8) is 0 Å². The fourth-order valence-electron chi connectivity index (χ4n) is 2.02. The first-order valence-corrected chi connectivity index (χ1v) is 5.95. The molecule has 0 bridgehead atoms. The van der Waals surface area contributed by atoms with Crippen LogP contribution < -0.4 is 0 Å². The Morgan fingerprint density at radius 2 is 1.63 bits per heavy atom. The number of ketones is 1. The van der Waals surface area contributed by atoms with Crippen molar-refractivity contribution in [2.24, 2.45) is 0 Å². The van der Waals surface area contributed by atoms with Crippen LogP contribution in [-0.4, -0.2) is 56.9 Å². The maximum atomic E-state index is 12.0. The van der Waals surface area contributed by atoms with E-state index in [9.17, 15) is 25.2 Å². The molecule has 19 heavy (non-hydrogen) atoms. The van der Waals surface area contributed by atoms with Gasteiger partial charge < -0.3 is 25.2 Å². The molecule has 0 aliphatic carbocycles. The van der Waals surface area contributed by atoms with Crippen LogP contribution in [0.3, 0.4) is 0 Å². The summed E-state index contributed by atoms with van der Waals surface area (Å²) in [5.41, 5.74) is 0.735. The Hall–Kier alpha value is -1.31.